The third-order valence-electron chi connectivity index (χ3n) is 3.90. The van der Waals surface area contributed by atoms with Crippen LogP contribution in [0, 0.1) is 0 Å². The Morgan fingerprint density at radius 3 is 2.57 bits per heavy atom. The third-order valence-corrected chi connectivity index (χ3v) is 3.90. The number of ether oxygens (including phenoxy) is 1. The Balaban J connectivity index is 0.000000438. The second kappa shape index (κ2) is 15.8. The molecule has 1 rings (SSSR count). The zero-order chi connectivity index (χ0) is 17.3. The summed E-state index contributed by atoms with van der Waals surface area (Å²) in [6.07, 6.45) is 17.6. The molecule has 1 saturated heterocycles. The Bertz CT molecular complexity index is 323. The zero-order valence-corrected chi connectivity index (χ0v) is 15.1. The van der Waals surface area contributed by atoms with Crippen molar-refractivity contribution in [2.24, 2.45) is 0 Å². The molecule has 1 aliphatic rings. The van der Waals surface area contributed by atoms with Crippen LogP contribution in [0.5, 0.6) is 0 Å². The second-order valence-electron chi connectivity index (χ2n) is 6.11. The lowest BCUT2D eigenvalue weighted by Gasteiger charge is -2.07. The van der Waals surface area contributed by atoms with Gasteiger partial charge >= 0.3 is 5.97 Å². The Labute approximate surface area is 142 Å². The van der Waals surface area contributed by atoms with E-state index >= 15 is 0 Å². The van der Waals surface area contributed by atoms with Gasteiger partial charge in [0.2, 0.25) is 0 Å². The highest BCUT2D eigenvalue weighted by Crippen LogP contribution is 2.19. The Morgan fingerprint density at radius 1 is 1.26 bits per heavy atom. The van der Waals surface area contributed by atoms with Gasteiger partial charge in [-0.3, -0.25) is 4.79 Å². The van der Waals surface area contributed by atoms with E-state index in [2.05, 4.69) is 32.6 Å². The van der Waals surface area contributed by atoms with E-state index in [0.717, 1.165) is 32.1 Å². The number of rotatable bonds is 11. The van der Waals surface area contributed by atoms with E-state index in [9.17, 15) is 4.79 Å². The minimum atomic E-state index is -0.332. The van der Waals surface area contributed by atoms with Crippen LogP contribution in [0.15, 0.2) is 24.8 Å². The average Bonchev–Trinajstić information content (AvgIpc) is 2.97. The van der Waals surface area contributed by atoms with Crippen LogP contribution >= 0.6 is 0 Å². The van der Waals surface area contributed by atoms with Crippen LogP contribution in [-0.2, 0) is 9.53 Å². The lowest BCUT2D eigenvalue weighted by Crippen LogP contribution is -2.06. The predicted molar refractivity (Wildman–Crippen MR) is 97.4 cm³/mol. The summed E-state index contributed by atoms with van der Waals surface area (Å²) in [5.74, 6) is -0.00134. The van der Waals surface area contributed by atoms with E-state index in [-0.39, 0.29) is 18.2 Å². The highest BCUT2D eigenvalue weighted by Gasteiger charge is 2.22. The molecule has 1 heterocycles. The number of cyclic esters (lactones) is 1. The topological polar surface area (TPSA) is 46.5 Å². The van der Waals surface area contributed by atoms with Gasteiger partial charge in [-0.15, -0.1) is 6.58 Å². The summed E-state index contributed by atoms with van der Waals surface area (Å²) in [6.45, 7) is 7.80. The zero-order valence-electron chi connectivity index (χ0n) is 15.1. The molecule has 1 fully saturated rings. The molecular formula is C20H36O3. The minimum Gasteiger partial charge on any atom is -0.462 e. The fourth-order valence-electron chi connectivity index (χ4n) is 2.43. The lowest BCUT2D eigenvalue weighted by atomic mass is 10.1. The summed E-state index contributed by atoms with van der Waals surface area (Å²) in [7, 11) is 0. The molecule has 0 spiro atoms. The SMILES string of the molecule is C=CC(O)CC/C=C/CC.CCCCCCCC1CCC(=O)O1. The monoisotopic (exact) mass is 324 g/mol. The normalized spacial score (nSPS) is 18.4. The first-order valence-electron chi connectivity index (χ1n) is 9.29. The standard InChI is InChI=1S/C11H20O2.C9H16O/c1-2-3-4-5-6-7-10-8-9-11(12)13-10;1-3-5-6-7-8-9(10)4-2/h10H,2-9H2,1H3;4-6,9-10H,2-3,7-8H2,1H3/b;6-5+. The molecule has 134 valence electrons. The van der Waals surface area contributed by atoms with E-state index in [1.54, 1.807) is 6.08 Å². The maximum Gasteiger partial charge on any atom is 0.306 e. The molecule has 0 aromatic rings. The Kier molecular flexibility index (Phi) is 15.0. The van der Waals surface area contributed by atoms with Gasteiger partial charge in [0.05, 0.1) is 6.10 Å². The molecule has 2 atom stereocenters. The van der Waals surface area contributed by atoms with Crippen molar-refractivity contribution in [3.05, 3.63) is 24.8 Å². The summed E-state index contributed by atoms with van der Waals surface area (Å²) >= 11 is 0. The van der Waals surface area contributed by atoms with Crippen molar-refractivity contribution in [1.29, 1.82) is 0 Å². The second-order valence-corrected chi connectivity index (χ2v) is 6.11. The van der Waals surface area contributed by atoms with Gasteiger partial charge in [0.1, 0.15) is 6.10 Å². The van der Waals surface area contributed by atoms with Crippen molar-refractivity contribution in [3.8, 4) is 0 Å². The van der Waals surface area contributed by atoms with Crippen molar-refractivity contribution < 1.29 is 14.6 Å². The lowest BCUT2D eigenvalue weighted by molar-refractivity contribution is -0.141. The molecule has 0 bridgehead atoms. The number of unbranched alkanes of at least 4 members (excludes halogenated alkanes) is 4. The number of aliphatic hydroxyl groups excluding tert-OH is 1. The summed E-state index contributed by atoms with van der Waals surface area (Å²) < 4.78 is 5.13. The van der Waals surface area contributed by atoms with Crippen molar-refractivity contribution in [2.75, 3.05) is 0 Å². The minimum absolute atomic E-state index is 0.00134. The van der Waals surface area contributed by atoms with Crippen LogP contribution in [0.25, 0.3) is 0 Å². The molecule has 3 nitrogen and oxygen atoms in total. The molecule has 2 unspecified atom stereocenters. The van der Waals surface area contributed by atoms with E-state index < -0.39 is 0 Å². The van der Waals surface area contributed by atoms with E-state index in [1.807, 2.05) is 0 Å². The van der Waals surface area contributed by atoms with Crippen molar-refractivity contribution >= 4 is 5.97 Å². The van der Waals surface area contributed by atoms with E-state index in [0.29, 0.717) is 6.42 Å². The largest absolute Gasteiger partial charge is 0.462 e. The molecule has 0 amide bonds. The maximum absolute atomic E-state index is 10.8. The number of allylic oxidation sites excluding steroid dienone is 2. The van der Waals surface area contributed by atoms with Gasteiger partial charge in [0.25, 0.3) is 0 Å². The molecule has 1 aliphatic heterocycles. The Hall–Kier alpha value is -1.09. The van der Waals surface area contributed by atoms with Crippen molar-refractivity contribution in [3.63, 3.8) is 0 Å². The highest BCUT2D eigenvalue weighted by molar-refractivity contribution is 5.71. The predicted octanol–water partition coefficient (Wildman–Crippen LogP) is 5.33. The van der Waals surface area contributed by atoms with E-state index in [1.165, 1.54) is 32.1 Å². The number of carbonyl (C=O) groups is 1. The van der Waals surface area contributed by atoms with Gasteiger partial charge in [-0.2, -0.15) is 0 Å². The molecule has 0 aliphatic carbocycles. The summed E-state index contributed by atoms with van der Waals surface area (Å²) in [5.41, 5.74) is 0. The van der Waals surface area contributed by atoms with Gasteiger partial charge in [0, 0.05) is 6.42 Å². The number of aliphatic hydroxyl groups is 1. The van der Waals surface area contributed by atoms with Gasteiger partial charge in [0.15, 0.2) is 0 Å². The first kappa shape index (κ1) is 21.9. The van der Waals surface area contributed by atoms with Crippen LogP contribution in [0.2, 0.25) is 0 Å². The summed E-state index contributed by atoms with van der Waals surface area (Å²) in [6, 6.07) is 0. The molecule has 1 N–H and O–H groups in total. The van der Waals surface area contributed by atoms with Crippen LogP contribution in [0.1, 0.15) is 84.5 Å². The molecule has 0 saturated carbocycles. The van der Waals surface area contributed by atoms with E-state index in [4.69, 9.17) is 9.84 Å². The number of esters is 1. The molecule has 0 aromatic heterocycles. The molecule has 0 aromatic carbocycles. The highest BCUT2D eigenvalue weighted by atomic mass is 16.5. The molecule has 0 radical (unpaired) electrons. The molecular weight excluding hydrogens is 288 g/mol. The number of hydrogen-bond acceptors (Lipinski definition) is 3. The number of hydrogen-bond donors (Lipinski definition) is 1. The molecule has 3 heteroatoms. The van der Waals surface area contributed by atoms with Gasteiger partial charge in [-0.25, -0.2) is 0 Å². The molecule has 23 heavy (non-hydrogen) atoms. The summed E-state index contributed by atoms with van der Waals surface area (Å²) in [4.78, 5) is 10.8. The van der Waals surface area contributed by atoms with Crippen molar-refractivity contribution in [1.82, 2.24) is 0 Å². The first-order chi connectivity index (χ1) is 11.1. The van der Waals surface area contributed by atoms with Crippen LogP contribution < -0.4 is 0 Å². The fraction of sp³-hybridized carbons (Fsp3) is 0.750. The maximum atomic E-state index is 10.8. The first-order valence-corrected chi connectivity index (χ1v) is 9.29. The smallest absolute Gasteiger partial charge is 0.306 e. The van der Waals surface area contributed by atoms with Gasteiger partial charge in [-0.05, 0) is 38.5 Å². The third kappa shape index (κ3) is 14.2. The van der Waals surface area contributed by atoms with Crippen LogP contribution in [-0.4, -0.2) is 23.3 Å². The van der Waals surface area contributed by atoms with Gasteiger partial charge < -0.3 is 9.84 Å². The fourth-order valence-corrected chi connectivity index (χ4v) is 2.43. The van der Waals surface area contributed by atoms with Crippen LogP contribution in [0.4, 0.5) is 0 Å². The van der Waals surface area contributed by atoms with Gasteiger partial charge in [-0.1, -0.05) is 57.8 Å². The van der Waals surface area contributed by atoms with Crippen LogP contribution in [0.3, 0.4) is 0 Å². The quantitative estimate of drug-likeness (QED) is 0.317. The average molecular weight is 325 g/mol. The van der Waals surface area contributed by atoms with Crippen molar-refractivity contribution in [2.45, 2.75) is 96.7 Å². The summed E-state index contributed by atoms with van der Waals surface area (Å²) in [5, 5.41) is 9.01. The Morgan fingerprint density at radius 2 is 2.00 bits per heavy atom. The number of carbonyl (C=O) groups excluding carboxylic acids is 1.